The standard InChI is InChI=1S/C13H22N2O4S2/c1-10(2)7-8-15(3)21(18,19)13-9-11(20(4,16)17)5-6-12(13)14/h5-6,9-10H,7-8,14H2,1-4H3. The number of sulfonamides is 1. The van der Waals surface area contributed by atoms with Crippen molar-refractivity contribution in [3.63, 3.8) is 0 Å². The number of nitrogens with zero attached hydrogens (tertiary/aromatic N) is 1. The number of anilines is 1. The third kappa shape index (κ3) is 4.42. The summed E-state index contributed by atoms with van der Waals surface area (Å²) >= 11 is 0. The van der Waals surface area contributed by atoms with Gasteiger partial charge in [0.1, 0.15) is 4.90 Å². The summed E-state index contributed by atoms with van der Waals surface area (Å²) in [6.45, 7) is 4.35. The summed E-state index contributed by atoms with van der Waals surface area (Å²) in [5, 5.41) is 0. The molecule has 6 nitrogen and oxygen atoms in total. The van der Waals surface area contributed by atoms with Gasteiger partial charge in [0.05, 0.1) is 10.6 Å². The van der Waals surface area contributed by atoms with E-state index in [0.717, 1.165) is 12.3 Å². The molecule has 0 atom stereocenters. The van der Waals surface area contributed by atoms with Gasteiger partial charge in [-0.1, -0.05) is 13.8 Å². The van der Waals surface area contributed by atoms with Gasteiger partial charge in [-0.15, -0.1) is 0 Å². The van der Waals surface area contributed by atoms with Crippen LogP contribution in [0.15, 0.2) is 28.0 Å². The molecular formula is C13H22N2O4S2. The van der Waals surface area contributed by atoms with Crippen LogP contribution in [-0.2, 0) is 19.9 Å². The molecule has 0 fully saturated rings. The second-order valence-corrected chi connectivity index (χ2v) is 9.51. The van der Waals surface area contributed by atoms with Crippen LogP contribution < -0.4 is 5.73 Å². The van der Waals surface area contributed by atoms with Crippen molar-refractivity contribution in [2.45, 2.75) is 30.1 Å². The first-order valence-corrected chi connectivity index (χ1v) is 9.85. The topological polar surface area (TPSA) is 97.5 Å². The van der Waals surface area contributed by atoms with Crippen LogP contribution in [0.1, 0.15) is 20.3 Å². The Labute approximate surface area is 126 Å². The minimum Gasteiger partial charge on any atom is -0.398 e. The highest BCUT2D eigenvalue weighted by atomic mass is 32.2. The first-order chi connectivity index (χ1) is 9.46. The molecule has 0 saturated heterocycles. The highest BCUT2D eigenvalue weighted by Gasteiger charge is 2.25. The maximum Gasteiger partial charge on any atom is 0.244 e. The van der Waals surface area contributed by atoms with Gasteiger partial charge in [-0.2, -0.15) is 0 Å². The van der Waals surface area contributed by atoms with Gasteiger partial charge in [-0.3, -0.25) is 0 Å². The summed E-state index contributed by atoms with van der Waals surface area (Å²) in [6.07, 6.45) is 1.73. The van der Waals surface area contributed by atoms with E-state index in [2.05, 4.69) is 0 Å². The van der Waals surface area contributed by atoms with E-state index in [1.54, 1.807) is 0 Å². The van der Waals surface area contributed by atoms with Crippen molar-refractivity contribution in [1.29, 1.82) is 0 Å². The predicted molar refractivity (Wildman–Crippen MR) is 83.2 cm³/mol. The number of sulfone groups is 1. The fraction of sp³-hybridized carbons (Fsp3) is 0.538. The van der Waals surface area contributed by atoms with Crippen LogP contribution in [0.2, 0.25) is 0 Å². The Kier molecular flexibility index (Phi) is 5.40. The monoisotopic (exact) mass is 334 g/mol. The summed E-state index contributed by atoms with van der Waals surface area (Å²) in [5.74, 6) is 0.363. The molecule has 1 aromatic rings. The average molecular weight is 334 g/mol. The fourth-order valence-corrected chi connectivity index (χ4v) is 3.74. The molecule has 0 saturated carbocycles. The molecule has 0 radical (unpaired) electrons. The lowest BCUT2D eigenvalue weighted by Crippen LogP contribution is -2.29. The van der Waals surface area contributed by atoms with Crippen LogP contribution >= 0.6 is 0 Å². The maximum absolute atomic E-state index is 12.5. The molecule has 1 rings (SSSR count). The Bertz CT molecular complexity index is 710. The normalized spacial score (nSPS) is 13.0. The molecule has 8 heteroatoms. The molecule has 0 aliphatic rings. The summed E-state index contributed by atoms with van der Waals surface area (Å²) in [6, 6.07) is 3.73. The third-order valence-electron chi connectivity index (χ3n) is 3.12. The number of nitrogen functional groups attached to an aromatic ring is 1. The minimum absolute atomic E-state index is 0.0406. The molecule has 2 N–H and O–H groups in total. The van der Waals surface area contributed by atoms with Crippen LogP contribution in [0.5, 0.6) is 0 Å². The fourth-order valence-electron chi connectivity index (χ4n) is 1.70. The van der Waals surface area contributed by atoms with Crippen molar-refractivity contribution in [1.82, 2.24) is 4.31 Å². The Morgan fingerprint density at radius 1 is 1.19 bits per heavy atom. The molecule has 0 aromatic heterocycles. The van der Waals surface area contributed by atoms with Gasteiger partial charge >= 0.3 is 0 Å². The summed E-state index contributed by atoms with van der Waals surface area (Å²) in [7, 11) is -5.83. The summed E-state index contributed by atoms with van der Waals surface area (Å²) in [5.41, 5.74) is 5.75. The van der Waals surface area contributed by atoms with Gasteiger partial charge in [-0.05, 0) is 30.5 Å². The van der Waals surface area contributed by atoms with Gasteiger partial charge in [0.2, 0.25) is 10.0 Å². The molecular weight excluding hydrogens is 312 g/mol. The smallest absolute Gasteiger partial charge is 0.244 e. The number of nitrogens with two attached hydrogens (primary N) is 1. The van der Waals surface area contributed by atoms with Crippen molar-refractivity contribution in [3.8, 4) is 0 Å². The molecule has 0 bridgehead atoms. The predicted octanol–water partition coefficient (Wildman–Crippen LogP) is 1.34. The molecule has 0 heterocycles. The molecule has 120 valence electrons. The van der Waals surface area contributed by atoms with E-state index in [0.29, 0.717) is 18.9 Å². The lowest BCUT2D eigenvalue weighted by Gasteiger charge is -2.19. The summed E-state index contributed by atoms with van der Waals surface area (Å²) < 4.78 is 49.3. The molecule has 0 aliphatic carbocycles. The molecule has 0 amide bonds. The SMILES string of the molecule is CC(C)CCN(C)S(=O)(=O)c1cc(S(C)(=O)=O)ccc1N. The van der Waals surface area contributed by atoms with Gasteiger partial charge < -0.3 is 5.73 Å². The lowest BCUT2D eigenvalue weighted by molar-refractivity contribution is 0.428. The van der Waals surface area contributed by atoms with E-state index in [9.17, 15) is 16.8 Å². The van der Waals surface area contributed by atoms with E-state index >= 15 is 0 Å². The molecule has 1 aromatic carbocycles. The van der Waals surface area contributed by atoms with Gasteiger partial charge in [-0.25, -0.2) is 21.1 Å². The van der Waals surface area contributed by atoms with Crippen LogP contribution in [-0.4, -0.2) is 41.0 Å². The van der Waals surface area contributed by atoms with Crippen molar-refractivity contribution < 1.29 is 16.8 Å². The minimum atomic E-state index is -3.80. The Morgan fingerprint density at radius 2 is 1.76 bits per heavy atom. The van der Waals surface area contributed by atoms with Gasteiger partial charge in [0, 0.05) is 19.8 Å². The Hall–Kier alpha value is -1.12. The van der Waals surface area contributed by atoms with E-state index in [1.807, 2.05) is 13.8 Å². The maximum atomic E-state index is 12.5. The van der Waals surface area contributed by atoms with Crippen LogP contribution in [0, 0.1) is 5.92 Å². The van der Waals surface area contributed by atoms with E-state index in [4.69, 9.17) is 5.73 Å². The number of hydrogen-bond donors (Lipinski definition) is 1. The van der Waals surface area contributed by atoms with Crippen molar-refractivity contribution in [3.05, 3.63) is 18.2 Å². The zero-order valence-electron chi connectivity index (χ0n) is 12.7. The molecule has 21 heavy (non-hydrogen) atoms. The number of benzene rings is 1. The van der Waals surface area contributed by atoms with Gasteiger partial charge in [0.25, 0.3) is 0 Å². The van der Waals surface area contributed by atoms with Crippen molar-refractivity contribution in [2.24, 2.45) is 5.92 Å². The number of rotatable bonds is 6. The van der Waals surface area contributed by atoms with E-state index in [1.165, 1.54) is 23.5 Å². The van der Waals surface area contributed by atoms with E-state index < -0.39 is 19.9 Å². The highest BCUT2D eigenvalue weighted by molar-refractivity contribution is 7.91. The average Bonchev–Trinajstić information content (AvgIpc) is 2.34. The third-order valence-corrected chi connectivity index (χ3v) is 6.15. The zero-order chi connectivity index (χ0) is 16.4. The quantitative estimate of drug-likeness (QED) is 0.792. The largest absolute Gasteiger partial charge is 0.398 e. The van der Waals surface area contributed by atoms with Crippen molar-refractivity contribution >= 4 is 25.5 Å². The first-order valence-electron chi connectivity index (χ1n) is 6.52. The first kappa shape index (κ1) is 17.9. The van der Waals surface area contributed by atoms with Crippen LogP contribution in [0.25, 0.3) is 0 Å². The van der Waals surface area contributed by atoms with Crippen molar-refractivity contribution in [2.75, 3.05) is 25.6 Å². The highest BCUT2D eigenvalue weighted by Crippen LogP contribution is 2.25. The number of hydrogen-bond acceptors (Lipinski definition) is 5. The molecule has 0 unspecified atom stereocenters. The molecule has 0 spiro atoms. The Balaban J connectivity index is 3.25. The lowest BCUT2D eigenvalue weighted by atomic mass is 10.1. The van der Waals surface area contributed by atoms with E-state index in [-0.39, 0.29) is 15.5 Å². The second kappa shape index (κ2) is 6.33. The van der Waals surface area contributed by atoms with Gasteiger partial charge in [0.15, 0.2) is 9.84 Å². The van der Waals surface area contributed by atoms with Crippen LogP contribution in [0.3, 0.4) is 0 Å². The van der Waals surface area contributed by atoms with Crippen LogP contribution in [0.4, 0.5) is 5.69 Å². The molecule has 0 aliphatic heterocycles. The summed E-state index contributed by atoms with van der Waals surface area (Å²) in [4.78, 5) is -0.232. The Morgan fingerprint density at radius 3 is 2.24 bits per heavy atom. The zero-order valence-corrected chi connectivity index (χ0v) is 14.3. The second-order valence-electron chi connectivity index (χ2n) is 5.48.